The fraction of sp³-hybridized carbons (Fsp3) is 0.250. The molecule has 0 amide bonds. The lowest BCUT2D eigenvalue weighted by Gasteiger charge is -2.13. The van der Waals surface area contributed by atoms with E-state index in [4.69, 9.17) is 10.00 Å². The number of hydrogen-bond donors (Lipinski definition) is 1. The minimum absolute atomic E-state index is 0.0427. The zero-order valence-corrected chi connectivity index (χ0v) is 12.4. The lowest BCUT2D eigenvalue weighted by atomic mass is 9.98. The summed E-state index contributed by atoms with van der Waals surface area (Å²) < 4.78 is 33.7. The second-order valence-electron chi connectivity index (χ2n) is 4.79. The molecule has 0 unspecified atom stereocenters. The van der Waals surface area contributed by atoms with Gasteiger partial charge in [0, 0.05) is 22.4 Å². The van der Waals surface area contributed by atoms with Gasteiger partial charge in [0.15, 0.2) is 11.6 Å². The first-order valence-electron chi connectivity index (χ1n) is 6.66. The van der Waals surface area contributed by atoms with E-state index in [2.05, 4.69) is 4.98 Å². The first kappa shape index (κ1) is 15.7. The molecule has 1 aromatic carbocycles. The van der Waals surface area contributed by atoms with Crippen LogP contribution in [0.25, 0.3) is 11.1 Å². The van der Waals surface area contributed by atoms with Crippen molar-refractivity contribution < 1.29 is 13.5 Å². The summed E-state index contributed by atoms with van der Waals surface area (Å²) in [6.07, 6.45) is 0. The van der Waals surface area contributed by atoms with E-state index in [-0.39, 0.29) is 34.6 Å². The summed E-state index contributed by atoms with van der Waals surface area (Å²) in [7, 11) is 0. The minimum Gasteiger partial charge on any atom is -0.493 e. The number of benzene rings is 1. The van der Waals surface area contributed by atoms with Gasteiger partial charge in [0.1, 0.15) is 17.4 Å². The fourth-order valence-corrected chi connectivity index (χ4v) is 2.21. The first-order chi connectivity index (χ1) is 10.4. The van der Waals surface area contributed by atoms with Crippen molar-refractivity contribution in [1.29, 1.82) is 5.26 Å². The van der Waals surface area contributed by atoms with Gasteiger partial charge < -0.3 is 9.72 Å². The van der Waals surface area contributed by atoms with Gasteiger partial charge in [-0.3, -0.25) is 4.79 Å². The summed E-state index contributed by atoms with van der Waals surface area (Å²) in [6, 6.07) is 4.47. The predicted molar refractivity (Wildman–Crippen MR) is 77.8 cm³/mol. The van der Waals surface area contributed by atoms with Crippen LogP contribution >= 0.6 is 0 Å². The van der Waals surface area contributed by atoms with Crippen molar-refractivity contribution in [3.63, 3.8) is 0 Å². The number of ether oxygens (including phenoxy) is 1. The molecule has 0 spiro atoms. The Kier molecular flexibility index (Phi) is 4.27. The maximum Gasteiger partial charge on any atom is 0.266 e. The van der Waals surface area contributed by atoms with Crippen LogP contribution in [0, 0.1) is 36.8 Å². The van der Waals surface area contributed by atoms with Gasteiger partial charge >= 0.3 is 0 Å². The molecule has 1 heterocycles. The average molecular weight is 304 g/mol. The van der Waals surface area contributed by atoms with E-state index in [9.17, 15) is 13.6 Å². The molecule has 4 nitrogen and oxygen atoms in total. The molecule has 1 aromatic heterocycles. The van der Waals surface area contributed by atoms with E-state index in [0.29, 0.717) is 5.69 Å². The van der Waals surface area contributed by atoms with E-state index in [1.54, 1.807) is 19.9 Å². The largest absolute Gasteiger partial charge is 0.493 e. The number of nitrogens with one attached hydrogen (secondary N) is 1. The molecule has 0 saturated heterocycles. The average Bonchev–Trinajstić information content (AvgIpc) is 2.47. The number of aromatic nitrogens is 1. The van der Waals surface area contributed by atoms with Crippen LogP contribution in [0.15, 0.2) is 16.9 Å². The topological polar surface area (TPSA) is 65.9 Å². The molecule has 0 fully saturated rings. The van der Waals surface area contributed by atoms with Crippen LogP contribution in [0.4, 0.5) is 8.78 Å². The van der Waals surface area contributed by atoms with Gasteiger partial charge in [-0.2, -0.15) is 5.26 Å². The van der Waals surface area contributed by atoms with Crippen LogP contribution in [0.5, 0.6) is 5.75 Å². The second kappa shape index (κ2) is 5.98. The third-order valence-electron chi connectivity index (χ3n) is 3.27. The maximum absolute atomic E-state index is 14.3. The summed E-state index contributed by atoms with van der Waals surface area (Å²) in [5.74, 6) is -1.98. The Morgan fingerprint density at radius 3 is 2.50 bits per heavy atom. The van der Waals surface area contributed by atoms with Gasteiger partial charge in [0.05, 0.1) is 6.61 Å². The third kappa shape index (κ3) is 2.58. The Labute approximate surface area is 126 Å². The highest BCUT2D eigenvalue weighted by Crippen LogP contribution is 2.33. The van der Waals surface area contributed by atoms with E-state index < -0.39 is 17.2 Å². The van der Waals surface area contributed by atoms with Crippen LogP contribution in [0.2, 0.25) is 0 Å². The normalized spacial score (nSPS) is 10.4. The monoisotopic (exact) mass is 304 g/mol. The van der Waals surface area contributed by atoms with Crippen molar-refractivity contribution >= 4 is 0 Å². The number of aryl methyl sites for hydroxylation is 1. The van der Waals surface area contributed by atoms with Crippen molar-refractivity contribution in [3.8, 4) is 22.9 Å². The zero-order valence-electron chi connectivity index (χ0n) is 12.4. The molecule has 22 heavy (non-hydrogen) atoms. The Balaban J connectivity index is 2.84. The summed E-state index contributed by atoms with van der Waals surface area (Å²) in [5, 5.41) is 9.12. The number of rotatable bonds is 3. The van der Waals surface area contributed by atoms with Crippen LogP contribution in [0.1, 0.15) is 23.7 Å². The molecule has 6 heteroatoms. The predicted octanol–water partition coefficient (Wildman–Crippen LogP) is 3.21. The summed E-state index contributed by atoms with van der Waals surface area (Å²) in [6.45, 7) is 5.00. The van der Waals surface area contributed by atoms with E-state index in [1.165, 1.54) is 19.1 Å². The molecule has 0 aliphatic heterocycles. The number of nitriles is 1. The molecule has 0 atom stereocenters. The van der Waals surface area contributed by atoms with Crippen molar-refractivity contribution in [3.05, 3.63) is 50.9 Å². The Morgan fingerprint density at radius 1 is 1.23 bits per heavy atom. The second-order valence-corrected chi connectivity index (χ2v) is 4.79. The summed E-state index contributed by atoms with van der Waals surface area (Å²) >= 11 is 0. The van der Waals surface area contributed by atoms with E-state index >= 15 is 0 Å². The highest BCUT2D eigenvalue weighted by Gasteiger charge is 2.21. The zero-order chi connectivity index (χ0) is 16.4. The number of H-pyrrole nitrogens is 1. The van der Waals surface area contributed by atoms with Gasteiger partial charge in [-0.15, -0.1) is 0 Å². The lowest BCUT2D eigenvalue weighted by molar-refractivity contribution is 0.333. The highest BCUT2D eigenvalue weighted by atomic mass is 19.2. The molecule has 0 aliphatic carbocycles. The van der Waals surface area contributed by atoms with Gasteiger partial charge in [-0.25, -0.2) is 8.78 Å². The highest BCUT2D eigenvalue weighted by molar-refractivity contribution is 5.73. The first-order valence-corrected chi connectivity index (χ1v) is 6.66. The molecule has 114 valence electrons. The van der Waals surface area contributed by atoms with Crippen molar-refractivity contribution in [2.45, 2.75) is 20.8 Å². The van der Waals surface area contributed by atoms with Gasteiger partial charge in [0.25, 0.3) is 5.56 Å². The van der Waals surface area contributed by atoms with Gasteiger partial charge in [-0.05, 0) is 32.9 Å². The standard InChI is InChI=1S/C16H14F2N2O2/c1-4-22-13-6-11(15(18)14(17)9(13)3)10-5-8(2)20-16(21)12(10)7-19/h5-6H,4H2,1-3H3,(H,20,21). The fourth-order valence-electron chi connectivity index (χ4n) is 2.21. The maximum atomic E-state index is 14.3. The van der Waals surface area contributed by atoms with Crippen LogP contribution < -0.4 is 10.3 Å². The number of pyridine rings is 1. The number of nitrogens with zero attached hydrogens (tertiary/aromatic N) is 1. The van der Waals surface area contributed by atoms with E-state index in [0.717, 1.165) is 0 Å². The molecule has 0 saturated carbocycles. The minimum atomic E-state index is -1.11. The molecular weight excluding hydrogens is 290 g/mol. The number of halogens is 2. The Hall–Kier alpha value is -2.68. The third-order valence-corrected chi connectivity index (χ3v) is 3.27. The Bertz CT molecular complexity index is 836. The van der Waals surface area contributed by atoms with Crippen LogP contribution in [-0.4, -0.2) is 11.6 Å². The molecule has 2 rings (SSSR count). The van der Waals surface area contributed by atoms with Gasteiger partial charge in [0.2, 0.25) is 0 Å². The molecule has 2 aromatic rings. The molecule has 0 bridgehead atoms. The quantitative estimate of drug-likeness (QED) is 0.947. The van der Waals surface area contributed by atoms with Crippen molar-refractivity contribution in [2.75, 3.05) is 6.61 Å². The molecule has 1 N–H and O–H groups in total. The van der Waals surface area contributed by atoms with E-state index in [1.807, 2.05) is 0 Å². The smallest absolute Gasteiger partial charge is 0.266 e. The molecule has 0 radical (unpaired) electrons. The number of hydrogen-bond acceptors (Lipinski definition) is 3. The Morgan fingerprint density at radius 2 is 1.91 bits per heavy atom. The van der Waals surface area contributed by atoms with Crippen LogP contribution in [-0.2, 0) is 0 Å². The summed E-state index contributed by atoms with van der Waals surface area (Å²) in [5.41, 5.74) is -0.551. The van der Waals surface area contributed by atoms with Crippen LogP contribution in [0.3, 0.4) is 0 Å². The number of aromatic amines is 1. The lowest BCUT2D eigenvalue weighted by Crippen LogP contribution is -2.13. The van der Waals surface area contributed by atoms with Crippen molar-refractivity contribution in [2.24, 2.45) is 0 Å². The molecule has 0 aliphatic rings. The molecular formula is C16H14F2N2O2. The SMILES string of the molecule is CCOc1cc(-c2cc(C)[nH]c(=O)c2C#N)c(F)c(F)c1C. The van der Waals surface area contributed by atoms with Gasteiger partial charge in [-0.1, -0.05) is 0 Å². The summed E-state index contributed by atoms with van der Waals surface area (Å²) in [4.78, 5) is 14.3. The van der Waals surface area contributed by atoms with Crippen molar-refractivity contribution in [1.82, 2.24) is 4.98 Å².